The largest absolute Gasteiger partial charge is 0.490 e. The van der Waals surface area contributed by atoms with E-state index in [2.05, 4.69) is 20.6 Å². The summed E-state index contributed by atoms with van der Waals surface area (Å²) in [4.78, 5) is 8.75. The third kappa shape index (κ3) is 7.38. The Morgan fingerprint density at radius 1 is 1.10 bits per heavy atom. The minimum absolute atomic E-state index is 0. The number of nitrogens with one attached hydrogen (secondary N) is 2. The van der Waals surface area contributed by atoms with Crippen LogP contribution in [-0.2, 0) is 6.54 Å². The third-order valence-electron chi connectivity index (χ3n) is 4.79. The number of benzene rings is 1. The molecule has 0 spiro atoms. The van der Waals surface area contributed by atoms with Crippen molar-refractivity contribution in [2.45, 2.75) is 51.6 Å². The van der Waals surface area contributed by atoms with E-state index in [9.17, 15) is 0 Å². The van der Waals surface area contributed by atoms with Gasteiger partial charge in [0, 0.05) is 31.9 Å². The Balaban J connectivity index is 0.00000300. The molecule has 2 aromatic rings. The van der Waals surface area contributed by atoms with Crippen LogP contribution in [0.4, 0.5) is 0 Å². The molecule has 0 atom stereocenters. The minimum Gasteiger partial charge on any atom is -0.490 e. The van der Waals surface area contributed by atoms with Gasteiger partial charge >= 0.3 is 0 Å². The van der Waals surface area contributed by atoms with Crippen molar-refractivity contribution in [1.29, 1.82) is 0 Å². The van der Waals surface area contributed by atoms with Crippen LogP contribution in [0.15, 0.2) is 47.6 Å². The summed E-state index contributed by atoms with van der Waals surface area (Å²) in [5.74, 6) is 2.77. The van der Waals surface area contributed by atoms with Gasteiger partial charge in [-0.15, -0.1) is 24.0 Å². The zero-order valence-electron chi connectivity index (χ0n) is 17.2. The molecule has 0 bridgehead atoms. The fourth-order valence-electron chi connectivity index (χ4n) is 3.32. The molecule has 7 heteroatoms. The Morgan fingerprint density at radius 3 is 2.52 bits per heavy atom. The highest BCUT2D eigenvalue weighted by Gasteiger charge is 2.14. The van der Waals surface area contributed by atoms with Crippen molar-refractivity contribution < 1.29 is 9.47 Å². The lowest BCUT2D eigenvalue weighted by atomic mass is 9.96. The van der Waals surface area contributed by atoms with E-state index in [1.54, 1.807) is 0 Å². The average molecular weight is 510 g/mol. The Kier molecular flexibility index (Phi) is 10.0. The van der Waals surface area contributed by atoms with E-state index in [1.165, 1.54) is 32.1 Å². The molecule has 0 aliphatic heterocycles. The van der Waals surface area contributed by atoms with Crippen molar-refractivity contribution in [3.63, 3.8) is 0 Å². The smallest absolute Gasteiger partial charge is 0.219 e. The van der Waals surface area contributed by atoms with Crippen molar-refractivity contribution in [2.24, 2.45) is 4.99 Å². The summed E-state index contributed by atoms with van der Waals surface area (Å²) in [6, 6.07) is 12.0. The maximum Gasteiger partial charge on any atom is 0.219 e. The van der Waals surface area contributed by atoms with Crippen molar-refractivity contribution in [3.8, 4) is 17.4 Å². The highest BCUT2D eigenvalue weighted by atomic mass is 127. The van der Waals surface area contributed by atoms with Gasteiger partial charge < -0.3 is 20.1 Å². The molecule has 0 unspecified atom stereocenters. The number of aliphatic imine (C=N–C) groups is 1. The highest BCUT2D eigenvalue weighted by Crippen LogP contribution is 2.30. The number of ether oxygens (including phenoxy) is 2. The lowest BCUT2D eigenvalue weighted by Crippen LogP contribution is -2.43. The van der Waals surface area contributed by atoms with Crippen molar-refractivity contribution in [1.82, 2.24) is 15.6 Å². The Morgan fingerprint density at radius 2 is 1.86 bits per heavy atom. The van der Waals surface area contributed by atoms with E-state index in [4.69, 9.17) is 9.47 Å². The zero-order valence-corrected chi connectivity index (χ0v) is 19.5. The number of nitrogens with zero attached hydrogens (tertiary/aromatic N) is 2. The molecule has 158 valence electrons. The van der Waals surface area contributed by atoms with Gasteiger partial charge in [0.25, 0.3) is 0 Å². The summed E-state index contributed by atoms with van der Waals surface area (Å²) < 4.78 is 11.5. The molecule has 0 saturated heterocycles. The molecule has 1 heterocycles. The second-order valence-corrected chi connectivity index (χ2v) is 6.89. The SMILES string of the molecule is CCOc1ccccc1Oc1ccc(CNC(=NC)NC2CCCCC2)cn1.I. The number of rotatable bonds is 7. The summed E-state index contributed by atoms with van der Waals surface area (Å²) in [6.45, 7) is 3.21. The Hall–Kier alpha value is -2.03. The summed E-state index contributed by atoms with van der Waals surface area (Å²) in [5, 5.41) is 6.88. The highest BCUT2D eigenvalue weighted by molar-refractivity contribution is 14.0. The van der Waals surface area contributed by atoms with Crippen LogP contribution in [0.3, 0.4) is 0 Å². The van der Waals surface area contributed by atoms with Crippen LogP contribution in [0.1, 0.15) is 44.6 Å². The van der Waals surface area contributed by atoms with Gasteiger partial charge in [-0.05, 0) is 37.5 Å². The van der Waals surface area contributed by atoms with Gasteiger partial charge in [0.1, 0.15) is 0 Å². The van der Waals surface area contributed by atoms with Gasteiger partial charge in [0.05, 0.1) is 6.61 Å². The maximum atomic E-state index is 5.87. The van der Waals surface area contributed by atoms with Crippen LogP contribution in [0, 0.1) is 0 Å². The zero-order chi connectivity index (χ0) is 19.6. The average Bonchev–Trinajstić information content (AvgIpc) is 2.74. The van der Waals surface area contributed by atoms with Crippen molar-refractivity contribution in [3.05, 3.63) is 48.2 Å². The molecule has 0 radical (unpaired) electrons. The molecule has 2 N–H and O–H groups in total. The van der Waals surface area contributed by atoms with Gasteiger partial charge in [-0.25, -0.2) is 4.98 Å². The van der Waals surface area contributed by atoms with E-state index >= 15 is 0 Å². The number of halogens is 1. The fraction of sp³-hybridized carbons (Fsp3) is 0.455. The number of pyridine rings is 1. The summed E-state index contributed by atoms with van der Waals surface area (Å²) in [6.07, 6.45) is 8.20. The van der Waals surface area contributed by atoms with Gasteiger partial charge in [-0.2, -0.15) is 0 Å². The lowest BCUT2D eigenvalue weighted by Gasteiger charge is -2.24. The van der Waals surface area contributed by atoms with Gasteiger partial charge in [-0.3, -0.25) is 4.99 Å². The molecular weight excluding hydrogens is 479 g/mol. The van der Waals surface area contributed by atoms with E-state index in [-0.39, 0.29) is 24.0 Å². The van der Waals surface area contributed by atoms with Crippen LogP contribution in [0.2, 0.25) is 0 Å². The fourth-order valence-corrected chi connectivity index (χ4v) is 3.32. The number of para-hydroxylation sites is 2. The molecule has 3 rings (SSSR count). The standard InChI is InChI=1S/C22H30N4O2.HI/c1-3-27-19-11-7-8-12-20(19)28-21-14-13-17(15-24-21)16-25-22(23-2)26-18-9-5-4-6-10-18;/h7-8,11-15,18H,3-6,9-10,16H2,1-2H3,(H2,23,25,26);1H. The van der Waals surface area contributed by atoms with E-state index in [0.29, 0.717) is 30.8 Å². The quantitative estimate of drug-likeness (QED) is 0.316. The molecule has 1 aromatic carbocycles. The monoisotopic (exact) mass is 510 g/mol. The first-order valence-electron chi connectivity index (χ1n) is 10.1. The number of aromatic nitrogens is 1. The molecule has 1 aromatic heterocycles. The molecular formula is C22H31IN4O2. The van der Waals surface area contributed by atoms with Crippen LogP contribution in [0.5, 0.6) is 17.4 Å². The van der Waals surface area contributed by atoms with Crippen LogP contribution in [-0.4, -0.2) is 30.6 Å². The van der Waals surface area contributed by atoms with Gasteiger partial charge in [0.2, 0.25) is 5.88 Å². The Bertz CT molecular complexity index is 762. The molecule has 29 heavy (non-hydrogen) atoms. The molecule has 6 nitrogen and oxygen atoms in total. The molecule has 1 saturated carbocycles. The summed E-state index contributed by atoms with van der Waals surface area (Å²) >= 11 is 0. The minimum atomic E-state index is 0. The predicted molar refractivity (Wildman–Crippen MR) is 128 cm³/mol. The third-order valence-corrected chi connectivity index (χ3v) is 4.79. The first-order chi connectivity index (χ1) is 13.8. The summed E-state index contributed by atoms with van der Waals surface area (Å²) in [7, 11) is 1.81. The first-order valence-corrected chi connectivity index (χ1v) is 10.1. The molecule has 1 aliphatic carbocycles. The molecule has 1 aliphatic rings. The van der Waals surface area contributed by atoms with Crippen LogP contribution >= 0.6 is 24.0 Å². The van der Waals surface area contributed by atoms with Gasteiger partial charge in [-0.1, -0.05) is 37.5 Å². The number of hydrogen-bond donors (Lipinski definition) is 2. The van der Waals surface area contributed by atoms with Gasteiger partial charge in [0.15, 0.2) is 17.5 Å². The van der Waals surface area contributed by atoms with E-state index < -0.39 is 0 Å². The number of guanidine groups is 1. The van der Waals surface area contributed by atoms with Crippen LogP contribution in [0.25, 0.3) is 0 Å². The normalized spacial score (nSPS) is 14.6. The molecule has 0 amide bonds. The molecule has 1 fully saturated rings. The van der Waals surface area contributed by atoms with E-state index in [1.807, 2.05) is 56.6 Å². The number of hydrogen-bond acceptors (Lipinski definition) is 4. The second kappa shape index (κ2) is 12.5. The topological polar surface area (TPSA) is 67.8 Å². The van der Waals surface area contributed by atoms with Crippen molar-refractivity contribution in [2.75, 3.05) is 13.7 Å². The van der Waals surface area contributed by atoms with Crippen molar-refractivity contribution >= 4 is 29.9 Å². The Labute approximate surface area is 190 Å². The second-order valence-electron chi connectivity index (χ2n) is 6.89. The first kappa shape index (κ1) is 23.3. The predicted octanol–water partition coefficient (Wildman–Crippen LogP) is 4.89. The van der Waals surface area contributed by atoms with Crippen LogP contribution < -0.4 is 20.1 Å². The summed E-state index contributed by atoms with van der Waals surface area (Å²) in [5.41, 5.74) is 1.07. The lowest BCUT2D eigenvalue weighted by molar-refractivity contribution is 0.319. The maximum absolute atomic E-state index is 5.87. The van der Waals surface area contributed by atoms with E-state index in [0.717, 1.165) is 17.3 Å².